The molecule has 1 aliphatic heterocycles. The number of benzene rings is 2. The van der Waals surface area contributed by atoms with E-state index in [0.29, 0.717) is 16.8 Å². The number of hydrogen-bond donors (Lipinski definition) is 1. The van der Waals surface area contributed by atoms with Gasteiger partial charge in [-0.1, -0.05) is 12.1 Å². The van der Waals surface area contributed by atoms with E-state index >= 15 is 0 Å². The van der Waals surface area contributed by atoms with Crippen molar-refractivity contribution in [1.82, 2.24) is 4.98 Å². The number of thioether (sulfide) groups is 1. The molecule has 2 aromatic carbocycles. The molecule has 0 saturated carbocycles. The van der Waals surface area contributed by atoms with Gasteiger partial charge >= 0.3 is 0 Å². The number of H-pyrrole nitrogens is 1. The fraction of sp³-hybridized carbons (Fsp3) is 0.0588. The van der Waals surface area contributed by atoms with E-state index in [4.69, 9.17) is 0 Å². The first kappa shape index (κ1) is 13.2. The number of anilines is 1. The summed E-state index contributed by atoms with van der Waals surface area (Å²) >= 11 is 1.63. The lowest BCUT2D eigenvalue weighted by atomic mass is 10.1. The fourth-order valence-corrected chi connectivity index (χ4v) is 3.38. The van der Waals surface area contributed by atoms with Gasteiger partial charge in [0.2, 0.25) is 0 Å². The number of rotatable bonds is 2. The van der Waals surface area contributed by atoms with Gasteiger partial charge in [0.15, 0.2) is 0 Å². The maximum atomic E-state index is 12.5. The van der Waals surface area contributed by atoms with Crippen molar-refractivity contribution in [2.24, 2.45) is 0 Å². The molecule has 0 bridgehead atoms. The van der Waals surface area contributed by atoms with Gasteiger partial charge in [0.1, 0.15) is 0 Å². The molecule has 0 spiro atoms. The number of amides is 2. The lowest BCUT2D eigenvalue weighted by Gasteiger charge is -2.14. The normalized spacial score (nSPS) is 14.0. The molecule has 2 amide bonds. The highest BCUT2D eigenvalue weighted by molar-refractivity contribution is 7.98. The molecule has 5 heteroatoms. The van der Waals surface area contributed by atoms with Gasteiger partial charge in [0, 0.05) is 22.0 Å². The molecule has 0 saturated heterocycles. The van der Waals surface area contributed by atoms with Crippen LogP contribution in [0.1, 0.15) is 20.7 Å². The van der Waals surface area contributed by atoms with Gasteiger partial charge < -0.3 is 4.98 Å². The van der Waals surface area contributed by atoms with Crippen LogP contribution in [0.25, 0.3) is 10.9 Å². The van der Waals surface area contributed by atoms with Crippen molar-refractivity contribution >= 4 is 40.2 Å². The van der Waals surface area contributed by atoms with Crippen molar-refractivity contribution in [3.8, 4) is 0 Å². The average molecular weight is 308 g/mol. The number of nitrogens with one attached hydrogen (secondary N) is 1. The summed E-state index contributed by atoms with van der Waals surface area (Å²) in [4.78, 5) is 30.6. The third-order valence-electron chi connectivity index (χ3n) is 3.90. The van der Waals surface area contributed by atoms with E-state index < -0.39 is 0 Å². The Morgan fingerprint density at radius 1 is 1.00 bits per heavy atom. The Labute approximate surface area is 131 Å². The second kappa shape index (κ2) is 4.74. The van der Waals surface area contributed by atoms with Gasteiger partial charge in [-0.3, -0.25) is 9.59 Å². The summed E-state index contributed by atoms with van der Waals surface area (Å²) in [5.74, 6) is -0.526. The molecule has 0 radical (unpaired) electrons. The van der Waals surface area contributed by atoms with Gasteiger partial charge in [-0.05, 0) is 36.6 Å². The third-order valence-corrected chi connectivity index (χ3v) is 4.68. The van der Waals surface area contributed by atoms with Crippen molar-refractivity contribution < 1.29 is 9.59 Å². The minimum atomic E-state index is -0.263. The minimum absolute atomic E-state index is 0.263. The zero-order valence-electron chi connectivity index (χ0n) is 11.8. The number of aromatic amines is 1. The van der Waals surface area contributed by atoms with Crippen molar-refractivity contribution in [2.75, 3.05) is 11.2 Å². The zero-order chi connectivity index (χ0) is 15.3. The lowest BCUT2D eigenvalue weighted by molar-refractivity contribution is 0.0926. The molecule has 22 heavy (non-hydrogen) atoms. The number of carbonyl (C=O) groups is 2. The van der Waals surface area contributed by atoms with E-state index in [-0.39, 0.29) is 11.8 Å². The zero-order valence-corrected chi connectivity index (χ0v) is 12.6. The quantitative estimate of drug-likeness (QED) is 0.580. The van der Waals surface area contributed by atoms with E-state index in [1.165, 1.54) is 4.90 Å². The van der Waals surface area contributed by atoms with E-state index in [1.54, 1.807) is 42.1 Å². The van der Waals surface area contributed by atoms with Crippen LogP contribution in [-0.4, -0.2) is 23.1 Å². The number of carbonyl (C=O) groups excluding carboxylic acids is 2. The Kier molecular flexibility index (Phi) is 2.84. The van der Waals surface area contributed by atoms with Gasteiger partial charge in [0.05, 0.1) is 16.8 Å². The Morgan fingerprint density at radius 3 is 2.32 bits per heavy atom. The molecule has 0 unspecified atom stereocenters. The fourth-order valence-electron chi connectivity index (χ4n) is 2.81. The first-order chi connectivity index (χ1) is 10.7. The summed E-state index contributed by atoms with van der Waals surface area (Å²) in [6.45, 7) is 0. The molecular weight excluding hydrogens is 296 g/mol. The number of aromatic nitrogens is 1. The van der Waals surface area contributed by atoms with Crippen LogP contribution >= 0.6 is 11.8 Å². The summed E-state index contributed by atoms with van der Waals surface area (Å²) < 4.78 is 0. The molecule has 108 valence electrons. The summed E-state index contributed by atoms with van der Waals surface area (Å²) in [5, 5.41) is 1.02. The summed E-state index contributed by atoms with van der Waals surface area (Å²) in [7, 11) is 0. The van der Waals surface area contributed by atoms with E-state index in [0.717, 1.165) is 15.8 Å². The van der Waals surface area contributed by atoms with Crippen LogP contribution in [0.3, 0.4) is 0 Å². The number of hydrogen-bond acceptors (Lipinski definition) is 3. The van der Waals surface area contributed by atoms with Crippen LogP contribution in [0.5, 0.6) is 0 Å². The highest BCUT2D eigenvalue weighted by atomic mass is 32.2. The van der Waals surface area contributed by atoms with Crippen molar-refractivity contribution in [3.05, 3.63) is 59.8 Å². The minimum Gasteiger partial charge on any atom is -0.360 e. The van der Waals surface area contributed by atoms with Gasteiger partial charge in [-0.25, -0.2) is 4.90 Å². The van der Waals surface area contributed by atoms with Gasteiger partial charge in [-0.2, -0.15) is 0 Å². The summed E-state index contributed by atoms with van der Waals surface area (Å²) in [6, 6.07) is 12.5. The first-order valence-corrected chi connectivity index (χ1v) is 8.06. The van der Waals surface area contributed by atoms with Crippen LogP contribution in [0.15, 0.2) is 53.6 Å². The van der Waals surface area contributed by atoms with Crippen LogP contribution in [0.2, 0.25) is 0 Å². The predicted octanol–water partition coefficient (Wildman–Crippen LogP) is 3.69. The third kappa shape index (κ3) is 1.72. The highest BCUT2D eigenvalue weighted by Gasteiger charge is 2.36. The van der Waals surface area contributed by atoms with Crippen LogP contribution in [-0.2, 0) is 0 Å². The first-order valence-electron chi connectivity index (χ1n) is 6.83. The lowest BCUT2D eigenvalue weighted by Crippen LogP contribution is -2.29. The average Bonchev–Trinajstić information content (AvgIpc) is 3.07. The van der Waals surface area contributed by atoms with Crippen LogP contribution in [0, 0.1) is 0 Å². The number of imide groups is 1. The van der Waals surface area contributed by atoms with Crippen molar-refractivity contribution in [3.63, 3.8) is 0 Å². The monoisotopic (exact) mass is 308 g/mol. The molecule has 0 aliphatic carbocycles. The van der Waals surface area contributed by atoms with Gasteiger partial charge in [-0.15, -0.1) is 11.8 Å². The molecule has 0 fully saturated rings. The Hall–Kier alpha value is -2.53. The SMILES string of the molecule is CSc1c[nH]c2ccc(N3C(=O)c4ccccc4C3=O)cc12. The van der Waals surface area contributed by atoms with Crippen LogP contribution in [0.4, 0.5) is 5.69 Å². The maximum absolute atomic E-state index is 12.5. The van der Waals surface area contributed by atoms with Crippen molar-refractivity contribution in [2.45, 2.75) is 4.90 Å². The molecule has 4 nitrogen and oxygen atoms in total. The van der Waals surface area contributed by atoms with E-state index in [2.05, 4.69) is 4.98 Å². The molecule has 2 heterocycles. The molecule has 1 aliphatic rings. The predicted molar refractivity (Wildman–Crippen MR) is 87.7 cm³/mol. The highest BCUT2D eigenvalue weighted by Crippen LogP contribution is 2.33. The number of nitrogens with zero attached hydrogens (tertiary/aromatic N) is 1. The Balaban J connectivity index is 1.86. The van der Waals surface area contributed by atoms with Crippen LogP contribution < -0.4 is 4.90 Å². The maximum Gasteiger partial charge on any atom is 0.266 e. The topological polar surface area (TPSA) is 53.2 Å². The smallest absolute Gasteiger partial charge is 0.266 e. The molecular formula is C17H12N2O2S. The van der Waals surface area contributed by atoms with Gasteiger partial charge in [0.25, 0.3) is 11.8 Å². The molecule has 0 atom stereocenters. The molecule has 1 aromatic heterocycles. The van der Waals surface area contributed by atoms with Crippen molar-refractivity contribution in [1.29, 1.82) is 0 Å². The van der Waals surface area contributed by atoms with E-state index in [9.17, 15) is 9.59 Å². The largest absolute Gasteiger partial charge is 0.360 e. The summed E-state index contributed by atoms with van der Waals surface area (Å²) in [6.07, 6.45) is 3.93. The Bertz CT molecular complexity index is 894. The standard InChI is InChI=1S/C17H12N2O2S/c1-22-15-9-18-14-7-6-10(8-13(14)15)19-16(20)11-4-2-3-5-12(11)17(19)21/h2-9,18H,1H3. The van der Waals surface area contributed by atoms with E-state index in [1.807, 2.05) is 24.6 Å². The second-order valence-electron chi connectivity index (χ2n) is 5.08. The molecule has 4 rings (SSSR count). The molecule has 1 N–H and O–H groups in total. The Morgan fingerprint density at radius 2 is 1.68 bits per heavy atom. The summed E-state index contributed by atoms with van der Waals surface area (Å²) in [5.41, 5.74) is 2.52. The molecule has 3 aromatic rings. The number of fused-ring (bicyclic) bond motifs is 2. The second-order valence-corrected chi connectivity index (χ2v) is 5.93.